The van der Waals surface area contributed by atoms with Crippen molar-refractivity contribution < 1.29 is 4.79 Å². The maximum absolute atomic E-state index is 12.6. The fraction of sp³-hybridized carbons (Fsp3) is 0.412. The van der Waals surface area contributed by atoms with Crippen LogP contribution >= 0.6 is 11.6 Å². The molecule has 0 bridgehead atoms. The first-order chi connectivity index (χ1) is 11.1. The molecule has 2 aromatic rings. The molecule has 1 aromatic heterocycles. The Morgan fingerprint density at radius 1 is 1.26 bits per heavy atom. The Bertz CT molecular complexity index is 613. The van der Waals surface area contributed by atoms with Crippen molar-refractivity contribution in [3.05, 3.63) is 53.1 Å². The van der Waals surface area contributed by atoms with Crippen LogP contribution in [-0.2, 0) is 17.8 Å². The molecule has 0 spiro atoms. The molecule has 0 aliphatic rings. The van der Waals surface area contributed by atoms with Crippen molar-refractivity contribution >= 4 is 17.5 Å². The minimum atomic E-state index is 0.126. The summed E-state index contributed by atoms with van der Waals surface area (Å²) in [7, 11) is 4.01. The Kier molecular flexibility index (Phi) is 6.62. The average molecular weight is 335 g/mol. The normalized spacial score (nSPS) is 11.0. The highest BCUT2D eigenvalue weighted by atomic mass is 35.5. The summed E-state index contributed by atoms with van der Waals surface area (Å²) < 4.78 is 0. The van der Waals surface area contributed by atoms with Crippen LogP contribution in [0.3, 0.4) is 0 Å². The Morgan fingerprint density at radius 2 is 2.04 bits per heavy atom. The van der Waals surface area contributed by atoms with Crippen molar-refractivity contribution in [2.24, 2.45) is 0 Å². The molecular formula is C17H23ClN4O. The van der Waals surface area contributed by atoms with Crippen LogP contribution in [0.5, 0.6) is 0 Å². The van der Waals surface area contributed by atoms with Crippen LogP contribution in [0.2, 0.25) is 5.02 Å². The smallest absolute Gasteiger partial charge is 0.223 e. The van der Waals surface area contributed by atoms with Gasteiger partial charge in [-0.1, -0.05) is 29.8 Å². The van der Waals surface area contributed by atoms with Crippen LogP contribution in [0.4, 0.5) is 0 Å². The third kappa shape index (κ3) is 5.69. The Labute approximate surface area is 142 Å². The number of aromatic nitrogens is 2. The van der Waals surface area contributed by atoms with E-state index in [9.17, 15) is 4.79 Å². The zero-order chi connectivity index (χ0) is 16.7. The van der Waals surface area contributed by atoms with E-state index in [1.807, 2.05) is 43.3 Å². The maximum Gasteiger partial charge on any atom is 0.223 e. The van der Waals surface area contributed by atoms with E-state index in [2.05, 4.69) is 14.9 Å². The summed E-state index contributed by atoms with van der Waals surface area (Å²) in [5, 5.41) is 0.716. The lowest BCUT2D eigenvalue weighted by molar-refractivity contribution is -0.132. The molecule has 2 rings (SSSR count). The number of H-pyrrole nitrogens is 1. The fourth-order valence-corrected chi connectivity index (χ4v) is 2.52. The number of amides is 1. The van der Waals surface area contributed by atoms with Crippen molar-refractivity contribution in [2.75, 3.05) is 27.2 Å². The van der Waals surface area contributed by atoms with Gasteiger partial charge in [0.25, 0.3) is 0 Å². The molecule has 0 aliphatic carbocycles. The van der Waals surface area contributed by atoms with Gasteiger partial charge in [0.15, 0.2) is 0 Å². The number of rotatable bonds is 8. The van der Waals surface area contributed by atoms with Gasteiger partial charge in [-0.15, -0.1) is 0 Å². The molecule has 0 saturated carbocycles. The molecular weight excluding hydrogens is 312 g/mol. The molecule has 0 saturated heterocycles. The number of benzene rings is 1. The maximum atomic E-state index is 12.6. The van der Waals surface area contributed by atoms with Crippen LogP contribution in [-0.4, -0.2) is 52.9 Å². The van der Waals surface area contributed by atoms with Crippen molar-refractivity contribution in [3.8, 4) is 0 Å². The highest BCUT2D eigenvalue weighted by Crippen LogP contribution is 2.17. The molecule has 0 aliphatic heterocycles. The molecule has 0 atom stereocenters. The number of nitrogens with one attached hydrogen (secondary N) is 1. The molecule has 23 heavy (non-hydrogen) atoms. The molecule has 0 fully saturated rings. The Balaban J connectivity index is 1.96. The average Bonchev–Trinajstić information content (AvgIpc) is 3.03. The van der Waals surface area contributed by atoms with Gasteiger partial charge < -0.3 is 14.8 Å². The number of carbonyl (C=O) groups is 1. The van der Waals surface area contributed by atoms with Gasteiger partial charge in [-0.2, -0.15) is 0 Å². The number of likely N-dealkylation sites (N-methyl/N-ethyl adjacent to an activating group) is 1. The largest absolute Gasteiger partial charge is 0.347 e. The quantitative estimate of drug-likeness (QED) is 0.807. The van der Waals surface area contributed by atoms with Crippen LogP contribution in [0.25, 0.3) is 0 Å². The van der Waals surface area contributed by atoms with Crippen LogP contribution in [0, 0.1) is 0 Å². The molecule has 1 heterocycles. The highest BCUT2D eigenvalue weighted by molar-refractivity contribution is 6.31. The van der Waals surface area contributed by atoms with Crippen molar-refractivity contribution in [2.45, 2.75) is 19.4 Å². The van der Waals surface area contributed by atoms with E-state index in [-0.39, 0.29) is 5.91 Å². The van der Waals surface area contributed by atoms with Gasteiger partial charge in [0.2, 0.25) is 5.91 Å². The molecule has 1 aromatic carbocycles. The summed E-state index contributed by atoms with van der Waals surface area (Å²) in [6.45, 7) is 2.06. The van der Waals surface area contributed by atoms with Crippen LogP contribution in [0.15, 0.2) is 36.8 Å². The molecule has 5 nitrogen and oxygen atoms in total. The SMILES string of the molecule is CN(C)CCN(Cc1cnc[nH]1)C(=O)CCc1ccccc1Cl. The number of aromatic amines is 1. The first-order valence-electron chi connectivity index (χ1n) is 7.69. The number of halogens is 1. The molecule has 0 unspecified atom stereocenters. The number of hydrogen-bond acceptors (Lipinski definition) is 3. The number of nitrogens with zero attached hydrogens (tertiary/aromatic N) is 3. The summed E-state index contributed by atoms with van der Waals surface area (Å²) in [5.41, 5.74) is 1.95. The topological polar surface area (TPSA) is 52.2 Å². The number of aryl methyl sites for hydroxylation is 1. The van der Waals surface area contributed by atoms with Gasteiger partial charge in [-0.3, -0.25) is 4.79 Å². The van der Waals surface area contributed by atoms with Gasteiger partial charge in [-0.05, 0) is 32.1 Å². The second-order valence-corrected chi connectivity index (χ2v) is 6.19. The van der Waals surface area contributed by atoms with E-state index < -0.39 is 0 Å². The lowest BCUT2D eigenvalue weighted by Gasteiger charge is -2.24. The molecule has 6 heteroatoms. The predicted octanol–water partition coefficient (Wildman–Crippen LogP) is 2.59. The lowest BCUT2D eigenvalue weighted by Crippen LogP contribution is -2.36. The van der Waals surface area contributed by atoms with Crippen molar-refractivity contribution in [1.29, 1.82) is 0 Å². The van der Waals surface area contributed by atoms with Gasteiger partial charge in [0.05, 0.1) is 18.6 Å². The van der Waals surface area contributed by atoms with Crippen molar-refractivity contribution in [1.82, 2.24) is 19.8 Å². The third-order valence-corrected chi connectivity index (χ3v) is 4.02. The first kappa shape index (κ1) is 17.5. The lowest BCUT2D eigenvalue weighted by atomic mass is 10.1. The van der Waals surface area contributed by atoms with Gasteiger partial charge >= 0.3 is 0 Å². The summed E-state index contributed by atoms with van der Waals surface area (Å²) in [4.78, 5) is 23.6. The van der Waals surface area contributed by atoms with E-state index >= 15 is 0 Å². The summed E-state index contributed by atoms with van der Waals surface area (Å²) in [5.74, 6) is 0.126. The van der Waals surface area contributed by atoms with Gasteiger partial charge in [0.1, 0.15) is 0 Å². The fourth-order valence-electron chi connectivity index (χ4n) is 2.29. The second-order valence-electron chi connectivity index (χ2n) is 5.79. The zero-order valence-electron chi connectivity index (χ0n) is 13.6. The van der Waals surface area contributed by atoms with Crippen LogP contribution < -0.4 is 0 Å². The standard InChI is InChI=1S/C17H23ClN4O/c1-21(2)9-10-22(12-15-11-19-13-20-15)17(23)8-7-14-5-3-4-6-16(14)18/h3-6,11,13H,7-10,12H2,1-2H3,(H,19,20). The monoisotopic (exact) mass is 334 g/mol. The minimum Gasteiger partial charge on any atom is -0.347 e. The Morgan fingerprint density at radius 3 is 2.70 bits per heavy atom. The molecule has 1 N–H and O–H groups in total. The van der Waals surface area contributed by atoms with E-state index in [4.69, 9.17) is 11.6 Å². The number of imidazole rings is 1. The summed E-state index contributed by atoms with van der Waals surface area (Å²) in [6, 6.07) is 7.67. The van der Waals surface area contributed by atoms with E-state index in [0.29, 0.717) is 31.0 Å². The predicted molar refractivity (Wildman–Crippen MR) is 92.3 cm³/mol. The highest BCUT2D eigenvalue weighted by Gasteiger charge is 2.15. The molecule has 124 valence electrons. The van der Waals surface area contributed by atoms with Crippen molar-refractivity contribution in [3.63, 3.8) is 0 Å². The number of hydrogen-bond donors (Lipinski definition) is 1. The summed E-state index contributed by atoms with van der Waals surface area (Å²) >= 11 is 6.16. The van der Waals surface area contributed by atoms with Gasteiger partial charge in [-0.25, -0.2) is 4.98 Å². The minimum absolute atomic E-state index is 0.126. The van der Waals surface area contributed by atoms with Gasteiger partial charge in [0, 0.05) is 30.7 Å². The van der Waals surface area contributed by atoms with E-state index in [0.717, 1.165) is 17.8 Å². The van der Waals surface area contributed by atoms with E-state index in [1.54, 1.807) is 12.5 Å². The number of carbonyl (C=O) groups excluding carboxylic acids is 1. The van der Waals surface area contributed by atoms with Crippen LogP contribution in [0.1, 0.15) is 17.7 Å². The third-order valence-electron chi connectivity index (χ3n) is 3.65. The van der Waals surface area contributed by atoms with E-state index in [1.165, 1.54) is 0 Å². The first-order valence-corrected chi connectivity index (χ1v) is 8.07. The Hall–Kier alpha value is -1.85. The molecule has 1 amide bonds. The molecule has 0 radical (unpaired) electrons. The zero-order valence-corrected chi connectivity index (χ0v) is 14.4. The summed E-state index contributed by atoms with van der Waals surface area (Å²) in [6.07, 6.45) is 4.49. The second kappa shape index (κ2) is 8.70.